The van der Waals surface area contributed by atoms with E-state index in [0.717, 1.165) is 32.4 Å². The summed E-state index contributed by atoms with van der Waals surface area (Å²) in [6, 6.07) is -0.741. The van der Waals surface area contributed by atoms with Crippen molar-refractivity contribution in [3.63, 3.8) is 0 Å². The molecule has 1 rings (SSSR count). The highest BCUT2D eigenvalue weighted by molar-refractivity contribution is 5.83. The largest absolute Gasteiger partial charge is 0.480 e. The second-order valence-corrected chi connectivity index (χ2v) is 5.30. The van der Waals surface area contributed by atoms with E-state index in [1.165, 1.54) is 11.8 Å². The zero-order valence-corrected chi connectivity index (χ0v) is 11.6. The van der Waals surface area contributed by atoms with Gasteiger partial charge in [-0.05, 0) is 52.2 Å². The Morgan fingerprint density at radius 2 is 1.94 bits per heavy atom. The van der Waals surface area contributed by atoms with Crippen molar-refractivity contribution < 1.29 is 14.7 Å². The maximum atomic E-state index is 11.8. The van der Waals surface area contributed by atoms with Crippen LogP contribution < -0.4 is 0 Å². The lowest BCUT2D eigenvalue weighted by Gasteiger charge is -2.29. The van der Waals surface area contributed by atoms with Gasteiger partial charge in [-0.3, -0.25) is 4.79 Å². The van der Waals surface area contributed by atoms with E-state index in [0.29, 0.717) is 12.3 Å². The fourth-order valence-electron chi connectivity index (χ4n) is 2.24. The summed E-state index contributed by atoms with van der Waals surface area (Å²) in [5.74, 6) is -0.410. The Balaban J connectivity index is 2.30. The minimum Gasteiger partial charge on any atom is -0.480 e. The average molecular weight is 256 g/mol. The molecule has 1 aliphatic rings. The quantitative estimate of drug-likeness (QED) is 0.798. The first-order chi connectivity index (χ1) is 8.41. The first-order valence-electron chi connectivity index (χ1n) is 6.58. The van der Waals surface area contributed by atoms with Crippen molar-refractivity contribution in [3.8, 4) is 0 Å². The summed E-state index contributed by atoms with van der Waals surface area (Å²) in [6.07, 6.45) is 3.62. The molecule has 0 aromatic carbocycles. The van der Waals surface area contributed by atoms with Gasteiger partial charge in [-0.2, -0.15) is 0 Å². The van der Waals surface area contributed by atoms with Crippen LogP contribution in [0, 0.1) is 5.92 Å². The van der Waals surface area contributed by atoms with E-state index in [-0.39, 0.29) is 5.91 Å². The molecule has 1 heterocycles. The van der Waals surface area contributed by atoms with Gasteiger partial charge in [0.2, 0.25) is 5.91 Å². The Labute approximate surface area is 109 Å². The minimum atomic E-state index is -0.954. The Hall–Kier alpha value is -1.10. The number of piperidine rings is 1. The molecule has 0 aliphatic carbocycles. The van der Waals surface area contributed by atoms with Gasteiger partial charge in [-0.15, -0.1) is 0 Å². The van der Waals surface area contributed by atoms with Crippen LogP contribution in [0.25, 0.3) is 0 Å². The molecule has 1 saturated heterocycles. The van der Waals surface area contributed by atoms with Crippen LogP contribution in [0.1, 0.15) is 32.6 Å². The van der Waals surface area contributed by atoms with Crippen molar-refractivity contribution in [2.45, 2.75) is 38.6 Å². The number of hydrogen-bond donors (Lipinski definition) is 1. The third kappa shape index (κ3) is 4.29. The normalized spacial score (nSPS) is 19.5. The highest BCUT2D eigenvalue weighted by Crippen LogP contribution is 2.21. The molecule has 0 saturated carbocycles. The zero-order valence-electron chi connectivity index (χ0n) is 11.6. The standard InChI is InChI=1S/C13H24N2O3/c1-10(13(17)18)15(3)12(16)5-4-11-6-8-14(2)9-7-11/h10-11H,4-9H2,1-3H3,(H,17,18). The van der Waals surface area contributed by atoms with Crippen molar-refractivity contribution in [3.05, 3.63) is 0 Å². The third-order valence-electron chi connectivity index (χ3n) is 3.94. The molecule has 0 bridgehead atoms. The van der Waals surface area contributed by atoms with Crippen LogP contribution in [-0.2, 0) is 9.59 Å². The van der Waals surface area contributed by atoms with E-state index in [2.05, 4.69) is 11.9 Å². The van der Waals surface area contributed by atoms with Gasteiger partial charge in [-0.1, -0.05) is 0 Å². The van der Waals surface area contributed by atoms with E-state index in [1.807, 2.05) is 0 Å². The maximum absolute atomic E-state index is 11.8. The molecule has 0 radical (unpaired) electrons. The minimum absolute atomic E-state index is 0.0659. The lowest BCUT2D eigenvalue weighted by Crippen LogP contribution is -2.40. The maximum Gasteiger partial charge on any atom is 0.326 e. The predicted molar refractivity (Wildman–Crippen MR) is 69.3 cm³/mol. The van der Waals surface area contributed by atoms with Crippen LogP contribution in [0.4, 0.5) is 0 Å². The summed E-state index contributed by atoms with van der Waals surface area (Å²) in [6.45, 7) is 3.73. The molecule has 5 nitrogen and oxygen atoms in total. The summed E-state index contributed by atoms with van der Waals surface area (Å²) >= 11 is 0. The molecule has 0 aromatic heterocycles. The van der Waals surface area contributed by atoms with Crippen molar-refractivity contribution in [1.82, 2.24) is 9.80 Å². The van der Waals surface area contributed by atoms with E-state index in [1.54, 1.807) is 7.05 Å². The van der Waals surface area contributed by atoms with E-state index in [4.69, 9.17) is 5.11 Å². The lowest BCUT2D eigenvalue weighted by molar-refractivity contribution is -0.148. The Kier molecular flexibility index (Phi) is 5.59. The molecule has 1 N–H and O–H groups in total. The van der Waals surface area contributed by atoms with Crippen LogP contribution in [0.5, 0.6) is 0 Å². The highest BCUT2D eigenvalue weighted by atomic mass is 16.4. The predicted octanol–water partition coefficient (Wildman–Crippen LogP) is 1.04. The van der Waals surface area contributed by atoms with Crippen molar-refractivity contribution in [1.29, 1.82) is 0 Å². The van der Waals surface area contributed by atoms with Gasteiger partial charge in [0.05, 0.1) is 0 Å². The fraction of sp³-hybridized carbons (Fsp3) is 0.846. The van der Waals surface area contributed by atoms with Crippen LogP contribution in [-0.4, -0.2) is 60.0 Å². The van der Waals surface area contributed by atoms with Crippen LogP contribution in [0.15, 0.2) is 0 Å². The SMILES string of the molecule is CC(C(=O)O)N(C)C(=O)CCC1CCN(C)CC1. The topological polar surface area (TPSA) is 60.9 Å². The molecule has 18 heavy (non-hydrogen) atoms. The molecule has 1 unspecified atom stereocenters. The monoisotopic (exact) mass is 256 g/mol. The molecule has 0 spiro atoms. The molecule has 5 heteroatoms. The summed E-state index contributed by atoms with van der Waals surface area (Å²) in [4.78, 5) is 26.3. The number of nitrogens with zero attached hydrogens (tertiary/aromatic N) is 2. The van der Waals surface area contributed by atoms with E-state index in [9.17, 15) is 9.59 Å². The van der Waals surface area contributed by atoms with E-state index < -0.39 is 12.0 Å². The summed E-state index contributed by atoms with van der Waals surface area (Å²) in [5.41, 5.74) is 0. The fourth-order valence-corrected chi connectivity index (χ4v) is 2.24. The number of amides is 1. The number of likely N-dealkylation sites (tertiary alicyclic amines) is 1. The number of rotatable bonds is 5. The number of carbonyl (C=O) groups excluding carboxylic acids is 1. The highest BCUT2D eigenvalue weighted by Gasteiger charge is 2.23. The smallest absolute Gasteiger partial charge is 0.326 e. The number of likely N-dealkylation sites (N-methyl/N-ethyl adjacent to an activating group) is 1. The van der Waals surface area contributed by atoms with E-state index >= 15 is 0 Å². The number of carboxylic acids is 1. The summed E-state index contributed by atoms with van der Waals surface area (Å²) < 4.78 is 0. The molecule has 1 fully saturated rings. The van der Waals surface area contributed by atoms with Gasteiger partial charge >= 0.3 is 5.97 Å². The van der Waals surface area contributed by atoms with Gasteiger partial charge in [-0.25, -0.2) is 4.79 Å². The van der Waals surface area contributed by atoms with Gasteiger partial charge in [0.15, 0.2) is 0 Å². The second-order valence-electron chi connectivity index (χ2n) is 5.30. The van der Waals surface area contributed by atoms with Crippen molar-refractivity contribution in [2.24, 2.45) is 5.92 Å². The molecule has 1 atom stereocenters. The second kappa shape index (κ2) is 6.73. The third-order valence-corrected chi connectivity index (χ3v) is 3.94. The van der Waals surface area contributed by atoms with Gasteiger partial charge in [0.1, 0.15) is 6.04 Å². The van der Waals surface area contributed by atoms with Gasteiger partial charge < -0.3 is 14.9 Å². The Bertz CT molecular complexity index is 299. The van der Waals surface area contributed by atoms with Gasteiger partial charge in [0.25, 0.3) is 0 Å². The first kappa shape index (κ1) is 15.0. The summed E-state index contributed by atoms with van der Waals surface area (Å²) in [5, 5.41) is 8.85. The van der Waals surface area contributed by atoms with Gasteiger partial charge in [0, 0.05) is 13.5 Å². The number of carbonyl (C=O) groups is 2. The lowest BCUT2D eigenvalue weighted by atomic mass is 9.92. The molecule has 1 aliphatic heterocycles. The number of hydrogen-bond acceptors (Lipinski definition) is 3. The first-order valence-corrected chi connectivity index (χ1v) is 6.58. The Morgan fingerprint density at radius 3 is 2.44 bits per heavy atom. The van der Waals surface area contributed by atoms with Crippen molar-refractivity contribution in [2.75, 3.05) is 27.2 Å². The van der Waals surface area contributed by atoms with Crippen LogP contribution in [0.2, 0.25) is 0 Å². The molecular formula is C13H24N2O3. The van der Waals surface area contributed by atoms with Crippen LogP contribution in [0.3, 0.4) is 0 Å². The molecule has 104 valence electrons. The average Bonchev–Trinajstić information content (AvgIpc) is 2.35. The van der Waals surface area contributed by atoms with Crippen LogP contribution >= 0.6 is 0 Å². The molecule has 0 aromatic rings. The number of aliphatic carboxylic acids is 1. The summed E-state index contributed by atoms with van der Waals surface area (Å²) in [7, 11) is 3.68. The number of carboxylic acid groups (broad SMARTS) is 1. The van der Waals surface area contributed by atoms with Crippen molar-refractivity contribution >= 4 is 11.9 Å². The Morgan fingerprint density at radius 1 is 1.39 bits per heavy atom. The zero-order chi connectivity index (χ0) is 13.7. The molecular weight excluding hydrogens is 232 g/mol. The molecule has 1 amide bonds.